The molecule has 0 heterocycles. The third kappa shape index (κ3) is 7.48. The van der Waals surface area contributed by atoms with Gasteiger partial charge in [-0.3, -0.25) is 14.2 Å². The highest BCUT2D eigenvalue weighted by Gasteiger charge is 2.59. The molecule has 0 bridgehead atoms. The van der Waals surface area contributed by atoms with Gasteiger partial charge in [0.2, 0.25) is 0 Å². The van der Waals surface area contributed by atoms with Crippen LogP contribution in [0.5, 0.6) is 0 Å². The largest absolute Gasteiger partial charge is 0.481 e. The molecule has 0 saturated carbocycles. The normalized spacial score (nSPS) is 14.6. The number of hydrogen-bond acceptors (Lipinski definition) is 9. The highest BCUT2D eigenvalue weighted by molar-refractivity contribution is 7.56. The van der Waals surface area contributed by atoms with Gasteiger partial charge in [-0.05, 0) is 27.2 Å². The van der Waals surface area contributed by atoms with E-state index in [1.54, 1.807) is 0 Å². The monoisotopic (exact) mass is 414 g/mol. The summed E-state index contributed by atoms with van der Waals surface area (Å²) >= 11 is 0. The lowest BCUT2D eigenvalue weighted by atomic mass is 10.0. The minimum absolute atomic E-state index is 0.00152. The van der Waals surface area contributed by atoms with Gasteiger partial charge in [-0.25, -0.2) is 0 Å². The summed E-state index contributed by atoms with van der Waals surface area (Å²) in [6.45, 7) is 5.15. The lowest BCUT2D eigenvalue weighted by Crippen LogP contribution is -2.45. The molecule has 0 fully saturated rings. The fraction of sp³-hybridized carbons (Fsp3) is 0.875. The summed E-state index contributed by atoms with van der Waals surface area (Å²) in [4.78, 5) is 24.1. The van der Waals surface area contributed by atoms with Crippen LogP contribution in [0.2, 0.25) is 0 Å². The summed E-state index contributed by atoms with van der Waals surface area (Å²) in [7, 11) is -4.25. The Kier molecular flexibility index (Phi) is 11.3. The molecule has 27 heavy (non-hydrogen) atoms. The molecular weight excluding hydrogens is 383 g/mol. The van der Waals surface area contributed by atoms with E-state index >= 15 is 0 Å². The topological polar surface area (TPSA) is 149 Å². The van der Waals surface area contributed by atoms with Crippen molar-refractivity contribution in [2.75, 3.05) is 33.0 Å². The Morgan fingerprint density at radius 1 is 1.00 bits per heavy atom. The number of carboxylic acid groups (broad SMARTS) is 1. The van der Waals surface area contributed by atoms with Crippen LogP contribution < -0.4 is 0 Å². The zero-order chi connectivity index (χ0) is 21.1. The van der Waals surface area contributed by atoms with Crippen LogP contribution in [0.3, 0.4) is 0 Å². The van der Waals surface area contributed by atoms with Crippen LogP contribution in [0.1, 0.15) is 47.0 Å². The minimum atomic E-state index is -4.25. The van der Waals surface area contributed by atoms with Crippen molar-refractivity contribution >= 4 is 19.5 Å². The van der Waals surface area contributed by atoms with Crippen LogP contribution in [0.15, 0.2) is 0 Å². The van der Waals surface area contributed by atoms with Gasteiger partial charge in [-0.15, -0.1) is 0 Å². The van der Waals surface area contributed by atoms with E-state index in [0.29, 0.717) is 0 Å². The summed E-state index contributed by atoms with van der Waals surface area (Å²) in [5.74, 6) is -4.49. The van der Waals surface area contributed by atoms with Crippen molar-refractivity contribution in [2.45, 2.75) is 57.9 Å². The van der Waals surface area contributed by atoms with Crippen LogP contribution in [0, 0.1) is 0 Å². The van der Waals surface area contributed by atoms with Crippen LogP contribution in [0.4, 0.5) is 0 Å². The number of carbonyl (C=O) groups excluding carboxylic acids is 1. The molecule has 0 aliphatic rings. The van der Waals surface area contributed by atoms with Crippen LogP contribution in [0.25, 0.3) is 0 Å². The first-order chi connectivity index (χ1) is 12.5. The SMILES string of the molecule is CCOC(=O)C(CCOCC(O)(O)CC)(CC(=O)O)P(=O)(OCC)OCC. The number of aliphatic hydroxyl groups is 2. The van der Waals surface area contributed by atoms with Crippen molar-refractivity contribution in [2.24, 2.45) is 0 Å². The quantitative estimate of drug-likeness (QED) is 0.156. The summed E-state index contributed by atoms with van der Waals surface area (Å²) in [6.07, 6.45) is -1.22. The predicted octanol–water partition coefficient (Wildman–Crippen LogP) is 1.53. The molecule has 0 aromatic heterocycles. The number of carboxylic acids is 1. The third-order valence-electron chi connectivity index (χ3n) is 3.78. The van der Waals surface area contributed by atoms with Crippen molar-refractivity contribution in [1.82, 2.24) is 0 Å². The average Bonchev–Trinajstić information content (AvgIpc) is 2.57. The van der Waals surface area contributed by atoms with Gasteiger partial charge in [0, 0.05) is 13.0 Å². The van der Waals surface area contributed by atoms with Gasteiger partial charge in [-0.1, -0.05) is 6.92 Å². The zero-order valence-electron chi connectivity index (χ0n) is 16.3. The molecule has 0 aromatic rings. The Hall–Kier alpha value is -1.03. The molecule has 0 rings (SSSR count). The van der Waals surface area contributed by atoms with Crippen molar-refractivity contribution in [3.63, 3.8) is 0 Å². The van der Waals surface area contributed by atoms with Gasteiger partial charge in [0.05, 0.1) is 26.2 Å². The molecule has 0 radical (unpaired) electrons. The van der Waals surface area contributed by atoms with E-state index in [4.69, 9.17) is 18.5 Å². The number of carbonyl (C=O) groups is 2. The van der Waals surface area contributed by atoms with E-state index in [0.717, 1.165) is 0 Å². The highest BCUT2D eigenvalue weighted by Crippen LogP contribution is 2.63. The van der Waals surface area contributed by atoms with Gasteiger partial charge >= 0.3 is 19.5 Å². The maximum absolute atomic E-state index is 13.4. The zero-order valence-corrected chi connectivity index (χ0v) is 17.2. The van der Waals surface area contributed by atoms with E-state index in [9.17, 15) is 29.5 Å². The Morgan fingerprint density at radius 2 is 1.56 bits per heavy atom. The first kappa shape index (κ1) is 26.0. The molecule has 0 saturated heterocycles. The Balaban J connectivity index is 5.81. The van der Waals surface area contributed by atoms with Crippen LogP contribution >= 0.6 is 7.60 Å². The second-order valence-corrected chi connectivity index (χ2v) is 8.16. The molecule has 1 atom stereocenters. The average molecular weight is 414 g/mol. The Morgan fingerprint density at radius 3 is 1.96 bits per heavy atom. The highest BCUT2D eigenvalue weighted by atomic mass is 31.2. The second kappa shape index (κ2) is 11.7. The molecule has 11 heteroatoms. The number of hydrogen-bond donors (Lipinski definition) is 3. The van der Waals surface area contributed by atoms with Crippen molar-refractivity contribution < 1.29 is 48.0 Å². The van der Waals surface area contributed by atoms with Gasteiger partial charge in [0.15, 0.2) is 10.9 Å². The maximum Gasteiger partial charge on any atom is 0.348 e. The Labute approximate surface area is 159 Å². The van der Waals surface area contributed by atoms with E-state index in [-0.39, 0.29) is 39.3 Å². The van der Waals surface area contributed by atoms with Gasteiger partial charge in [-0.2, -0.15) is 0 Å². The molecular formula is C16H31O10P. The van der Waals surface area contributed by atoms with Crippen molar-refractivity contribution in [3.05, 3.63) is 0 Å². The second-order valence-electron chi connectivity index (χ2n) is 5.79. The number of esters is 1. The lowest BCUT2D eigenvalue weighted by Gasteiger charge is -2.35. The fourth-order valence-corrected chi connectivity index (χ4v) is 4.56. The molecule has 160 valence electrons. The molecule has 0 spiro atoms. The van der Waals surface area contributed by atoms with Crippen molar-refractivity contribution in [3.8, 4) is 0 Å². The van der Waals surface area contributed by atoms with Gasteiger partial charge in [0.25, 0.3) is 0 Å². The molecule has 3 N–H and O–H groups in total. The number of rotatable bonds is 15. The predicted molar refractivity (Wildman–Crippen MR) is 95.4 cm³/mol. The van der Waals surface area contributed by atoms with E-state index in [1.165, 1.54) is 27.7 Å². The fourth-order valence-electron chi connectivity index (χ4n) is 2.33. The summed E-state index contributed by atoms with van der Waals surface area (Å²) in [6, 6.07) is 0. The maximum atomic E-state index is 13.4. The molecule has 1 unspecified atom stereocenters. The van der Waals surface area contributed by atoms with E-state index in [2.05, 4.69) is 0 Å². The summed E-state index contributed by atoms with van der Waals surface area (Å²) in [5.41, 5.74) is 0. The number of ether oxygens (including phenoxy) is 2. The molecule has 0 aromatic carbocycles. The van der Waals surface area contributed by atoms with Crippen LogP contribution in [-0.4, -0.2) is 71.2 Å². The van der Waals surface area contributed by atoms with E-state index in [1.807, 2.05) is 0 Å². The standard InChI is InChI=1S/C16H31O10P/c1-5-16(20,21)12-23-10-9-15(11-13(17)18,14(19)24-6-2)27(22,25-7-3)26-8-4/h20-21H,5-12H2,1-4H3,(H,17,18). The summed E-state index contributed by atoms with van der Waals surface area (Å²) in [5, 5.41) is 26.3. The first-order valence-electron chi connectivity index (χ1n) is 8.84. The van der Waals surface area contributed by atoms with E-state index < -0.39 is 43.5 Å². The smallest absolute Gasteiger partial charge is 0.348 e. The first-order valence-corrected chi connectivity index (χ1v) is 10.4. The summed E-state index contributed by atoms with van der Waals surface area (Å²) < 4.78 is 34.0. The Bertz CT molecular complexity index is 511. The molecule has 0 aliphatic carbocycles. The van der Waals surface area contributed by atoms with Crippen molar-refractivity contribution in [1.29, 1.82) is 0 Å². The lowest BCUT2D eigenvalue weighted by molar-refractivity contribution is -0.199. The molecule has 10 nitrogen and oxygen atoms in total. The van der Waals surface area contributed by atoms with Gasteiger partial charge in [0.1, 0.15) is 6.61 Å². The number of aliphatic carboxylic acids is 1. The van der Waals surface area contributed by atoms with Gasteiger partial charge < -0.3 is 33.8 Å². The molecule has 0 amide bonds. The van der Waals surface area contributed by atoms with Crippen LogP contribution in [-0.2, 0) is 32.7 Å². The minimum Gasteiger partial charge on any atom is -0.481 e. The molecule has 0 aliphatic heterocycles. The third-order valence-corrected chi connectivity index (χ3v) is 6.59.